The summed E-state index contributed by atoms with van der Waals surface area (Å²) in [6.45, 7) is 0. The molecule has 0 saturated carbocycles. The van der Waals surface area contributed by atoms with Crippen LogP contribution < -0.4 is 0 Å². The van der Waals surface area contributed by atoms with Gasteiger partial charge in [-0.1, -0.05) is 68.9 Å². The molecule has 1 nitrogen and oxygen atoms in total. The lowest BCUT2D eigenvalue weighted by molar-refractivity contribution is 0.181. The lowest BCUT2D eigenvalue weighted by atomic mass is 10.1. The molecule has 0 bridgehead atoms. The van der Waals surface area contributed by atoms with Crippen LogP contribution in [0.5, 0.6) is 0 Å². The first-order valence-corrected chi connectivity index (χ1v) is 5.35. The van der Waals surface area contributed by atoms with E-state index in [2.05, 4.69) is 15.9 Å². The Bertz CT molecular complexity index is 298. The standard InChI is InChI=1S/C8H6BrCl3O/c9-6-4-2-1-3-5(6)7(13)8(10,11)12/h1-4,7,13H/t7-/m1/s1. The summed E-state index contributed by atoms with van der Waals surface area (Å²) < 4.78 is -0.988. The monoisotopic (exact) mass is 302 g/mol. The molecule has 0 spiro atoms. The average Bonchev–Trinajstić information content (AvgIpc) is 2.02. The van der Waals surface area contributed by atoms with E-state index in [0.29, 0.717) is 10.0 Å². The van der Waals surface area contributed by atoms with Gasteiger partial charge in [0.2, 0.25) is 3.79 Å². The topological polar surface area (TPSA) is 20.2 Å². The first kappa shape index (κ1) is 11.6. The van der Waals surface area contributed by atoms with Gasteiger partial charge in [-0.05, 0) is 11.6 Å². The molecule has 5 heteroatoms. The Morgan fingerprint density at radius 1 is 1.23 bits per heavy atom. The molecule has 0 amide bonds. The Hall–Kier alpha value is 0.530. The van der Waals surface area contributed by atoms with Crippen LogP contribution in [0.2, 0.25) is 0 Å². The van der Waals surface area contributed by atoms with Gasteiger partial charge < -0.3 is 5.11 Å². The van der Waals surface area contributed by atoms with Gasteiger partial charge in [0, 0.05) is 4.47 Å². The first-order chi connectivity index (χ1) is 5.93. The zero-order valence-corrected chi connectivity index (χ0v) is 10.2. The van der Waals surface area contributed by atoms with E-state index >= 15 is 0 Å². The number of alkyl halides is 3. The fraction of sp³-hybridized carbons (Fsp3) is 0.250. The highest BCUT2D eigenvalue weighted by atomic mass is 79.9. The molecule has 0 fully saturated rings. The molecule has 1 N–H and O–H groups in total. The highest BCUT2D eigenvalue weighted by Crippen LogP contribution is 2.41. The van der Waals surface area contributed by atoms with Crippen molar-refractivity contribution < 1.29 is 5.11 Å². The molecule has 0 unspecified atom stereocenters. The van der Waals surface area contributed by atoms with Gasteiger partial charge in [-0.25, -0.2) is 0 Å². The number of hydrogen-bond acceptors (Lipinski definition) is 1. The number of aliphatic hydroxyl groups is 1. The summed E-state index contributed by atoms with van der Waals surface area (Å²) in [5.74, 6) is 0. The lowest BCUT2D eigenvalue weighted by Crippen LogP contribution is -2.16. The van der Waals surface area contributed by atoms with E-state index in [9.17, 15) is 5.11 Å². The van der Waals surface area contributed by atoms with Crippen LogP contribution in [0.25, 0.3) is 0 Å². The highest BCUT2D eigenvalue weighted by molar-refractivity contribution is 9.10. The second-order valence-corrected chi connectivity index (χ2v) is 5.69. The number of halogens is 4. The summed E-state index contributed by atoms with van der Waals surface area (Å²) in [5.41, 5.74) is 0.558. The second kappa shape index (κ2) is 4.37. The maximum atomic E-state index is 9.61. The van der Waals surface area contributed by atoms with E-state index in [0.717, 1.165) is 0 Å². The number of hydrogen-bond donors (Lipinski definition) is 1. The molecule has 0 heterocycles. The van der Waals surface area contributed by atoms with Crippen LogP contribution in [0.3, 0.4) is 0 Å². The lowest BCUT2D eigenvalue weighted by Gasteiger charge is -2.20. The van der Waals surface area contributed by atoms with Crippen molar-refractivity contribution in [2.24, 2.45) is 0 Å². The van der Waals surface area contributed by atoms with Crippen molar-refractivity contribution in [3.8, 4) is 0 Å². The second-order valence-electron chi connectivity index (χ2n) is 2.47. The third-order valence-electron chi connectivity index (χ3n) is 1.51. The van der Waals surface area contributed by atoms with E-state index < -0.39 is 9.90 Å². The summed E-state index contributed by atoms with van der Waals surface area (Å²) in [6, 6.07) is 7.05. The van der Waals surface area contributed by atoms with E-state index in [4.69, 9.17) is 34.8 Å². The SMILES string of the molecule is O[C@H](c1ccccc1Br)C(Cl)(Cl)Cl. The molecule has 0 saturated heterocycles. The third kappa shape index (κ3) is 3.00. The van der Waals surface area contributed by atoms with Gasteiger partial charge in [0.05, 0.1) is 0 Å². The Morgan fingerprint density at radius 3 is 2.23 bits per heavy atom. The molecular weight excluding hydrogens is 298 g/mol. The summed E-state index contributed by atoms with van der Waals surface area (Å²) in [7, 11) is 0. The van der Waals surface area contributed by atoms with E-state index in [-0.39, 0.29) is 0 Å². The van der Waals surface area contributed by atoms with Crippen LogP contribution >= 0.6 is 50.7 Å². The number of benzene rings is 1. The van der Waals surface area contributed by atoms with Crippen LogP contribution in [0.1, 0.15) is 11.7 Å². The fourth-order valence-corrected chi connectivity index (χ4v) is 1.73. The molecule has 0 aromatic heterocycles. The molecule has 0 aliphatic rings. The van der Waals surface area contributed by atoms with E-state index in [1.165, 1.54) is 0 Å². The van der Waals surface area contributed by atoms with Crippen molar-refractivity contribution in [2.45, 2.75) is 9.90 Å². The van der Waals surface area contributed by atoms with Crippen LogP contribution in [0.4, 0.5) is 0 Å². The minimum atomic E-state index is -1.70. The molecule has 1 aromatic rings. The van der Waals surface area contributed by atoms with Gasteiger partial charge in [-0.3, -0.25) is 0 Å². The van der Waals surface area contributed by atoms with Gasteiger partial charge in [-0.15, -0.1) is 0 Å². The Labute approximate surface area is 99.7 Å². The summed E-state index contributed by atoms with van der Waals surface area (Å²) in [4.78, 5) is 0. The fourth-order valence-electron chi connectivity index (χ4n) is 0.873. The molecule has 1 atom stereocenters. The predicted octanol–water partition coefficient (Wildman–Crippen LogP) is 3.85. The van der Waals surface area contributed by atoms with Crippen molar-refractivity contribution in [3.63, 3.8) is 0 Å². The maximum absolute atomic E-state index is 9.61. The molecule has 72 valence electrons. The smallest absolute Gasteiger partial charge is 0.220 e. The molecule has 0 radical (unpaired) electrons. The quantitative estimate of drug-likeness (QED) is 0.781. The van der Waals surface area contributed by atoms with Gasteiger partial charge in [-0.2, -0.15) is 0 Å². The third-order valence-corrected chi connectivity index (χ3v) is 2.85. The maximum Gasteiger partial charge on any atom is 0.220 e. The van der Waals surface area contributed by atoms with Crippen LogP contribution in [0, 0.1) is 0 Å². The van der Waals surface area contributed by atoms with Crippen LogP contribution in [0.15, 0.2) is 28.7 Å². The predicted molar refractivity (Wildman–Crippen MR) is 59.4 cm³/mol. The van der Waals surface area contributed by atoms with E-state index in [1.807, 2.05) is 6.07 Å². The molecule has 1 aromatic carbocycles. The minimum absolute atomic E-state index is 0.558. The van der Waals surface area contributed by atoms with Crippen molar-refractivity contribution in [3.05, 3.63) is 34.3 Å². The Morgan fingerprint density at radius 2 is 1.77 bits per heavy atom. The molecule has 0 aliphatic carbocycles. The van der Waals surface area contributed by atoms with Gasteiger partial charge in [0.15, 0.2) is 0 Å². The normalized spacial score (nSPS) is 14.2. The zero-order chi connectivity index (χ0) is 10.1. The molecule has 1 rings (SSSR count). The van der Waals surface area contributed by atoms with Gasteiger partial charge >= 0.3 is 0 Å². The largest absolute Gasteiger partial charge is 0.384 e. The molecule has 0 aliphatic heterocycles. The summed E-state index contributed by atoms with van der Waals surface area (Å²) in [6.07, 6.45) is -1.13. The van der Waals surface area contributed by atoms with Crippen molar-refractivity contribution in [1.82, 2.24) is 0 Å². The summed E-state index contributed by atoms with van der Waals surface area (Å²) in [5, 5.41) is 9.61. The Kier molecular flexibility index (Phi) is 3.90. The summed E-state index contributed by atoms with van der Waals surface area (Å²) >= 11 is 19.9. The highest BCUT2D eigenvalue weighted by Gasteiger charge is 2.33. The number of rotatable bonds is 1. The Balaban J connectivity index is 3.02. The van der Waals surface area contributed by atoms with E-state index in [1.54, 1.807) is 18.2 Å². The zero-order valence-electron chi connectivity index (χ0n) is 6.35. The van der Waals surface area contributed by atoms with Crippen molar-refractivity contribution >= 4 is 50.7 Å². The van der Waals surface area contributed by atoms with Gasteiger partial charge in [0.1, 0.15) is 6.10 Å². The van der Waals surface area contributed by atoms with Crippen LogP contribution in [-0.2, 0) is 0 Å². The average molecular weight is 304 g/mol. The number of aliphatic hydroxyl groups excluding tert-OH is 1. The minimum Gasteiger partial charge on any atom is -0.384 e. The first-order valence-electron chi connectivity index (χ1n) is 3.42. The molecule has 13 heavy (non-hydrogen) atoms. The van der Waals surface area contributed by atoms with Gasteiger partial charge in [0.25, 0.3) is 0 Å². The van der Waals surface area contributed by atoms with Crippen molar-refractivity contribution in [1.29, 1.82) is 0 Å². The molecular formula is C8H6BrCl3O. The van der Waals surface area contributed by atoms with Crippen molar-refractivity contribution in [2.75, 3.05) is 0 Å². The van der Waals surface area contributed by atoms with Crippen LogP contribution in [-0.4, -0.2) is 8.90 Å².